The summed E-state index contributed by atoms with van der Waals surface area (Å²) >= 11 is 0. The molecule has 3 N–H and O–H groups in total. The quantitative estimate of drug-likeness (QED) is 0.545. The van der Waals surface area contributed by atoms with E-state index in [9.17, 15) is 9.90 Å². The van der Waals surface area contributed by atoms with Crippen molar-refractivity contribution in [1.82, 2.24) is 9.80 Å². The number of piperidine rings is 1. The topological polar surface area (TPSA) is 79.0 Å². The number of aliphatic hydroxyl groups is 1. The first-order valence-corrected chi connectivity index (χ1v) is 13.1. The van der Waals surface area contributed by atoms with E-state index in [0.29, 0.717) is 26.1 Å². The zero-order chi connectivity index (χ0) is 24.8. The molecule has 2 aliphatic rings. The van der Waals surface area contributed by atoms with Gasteiger partial charge in [-0.15, -0.1) is 0 Å². The van der Waals surface area contributed by atoms with Crippen molar-refractivity contribution in [1.29, 1.82) is 0 Å². The number of unbranched alkanes of at least 4 members (excludes halogenated alkanes) is 1. The molecule has 2 aromatic rings. The molecule has 2 saturated heterocycles. The maximum absolute atomic E-state index is 13.3. The maximum Gasteiger partial charge on any atom is 0.320 e. The lowest BCUT2D eigenvalue weighted by atomic mass is 9.72. The first-order chi connectivity index (χ1) is 16.9. The van der Waals surface area contributed by atoms with E-state index in [2.05, 4.69) is 43.3 Å². The monoisotopic (exact) mass is 479 g/mol. The van der Waals surface area contributed by atoms with Crippen molar-refractivity contribution < 1.29 is 14.6 Å². The molecule has 0 aromatic heterocycles. The molecule has 0 spiro atoms. The second-order valence-electron chi connectivity index (χ2n) is 10.4. The summed E-state index contributed by atoms with van der Waals surface area (Å²) in [6.45, 7) is 5.42. The number of nitrogens with two attached hydrogens (primary N) is 1. The van der Waals surface area contributed by atoms with Gasteiger partial charge in [-0.1, -0.05) is 54.1 Å². The normalized spacial score (nSPS) is 22.3. The van der Waals surface area contributed by atoms with Gasteiger partial charge in [-0.2, -0.15) is 0 Å². The number of aryl methyl sites for hydroxylation is 1. The molecule has 3 atom stereocenters. The molecule has 0 bridgehead atoms. The number of amides is 2. The van der Waals surface area contributed by atoms with Crippen molar-refractivity contribution in [3.63, 3.8) is 0 Å². The molecule has 2 heterocycles. The number of hydrogen-bond donors (Lipinski definition) is 2. The summed E-state index contributed by atoms with van der Waals surface area (Å²) in [7, 11) is 1.72. The molecular weight excluding hydrogens is 438 g/mol. The minimum Gasteiger partial charge on any atom is -0.385 e. The summed E-state index contributed by atoms with van der Waals surface area (Å²) in [5, 5.41) is 12.5. The first kappa shape index (κ1) is 25.7. The molecule has 3 unspecified atom stereocenters. The van der Waals surface area contributed by atoms with Gasteiger partial charge < -0.3 is 25.4 Å². The van der Waals surface area contributed by atoms with Crippen molar-refractivity contribution >= 4 is 6.03 Å². The Hall–Kier alpha value is -2.41. The highest BCUT2D eigenvalue weighted by Crippen LogP contribution is 2.44. The average molecular weight is 480 g/mol. The molecule has 2 aliphatic heterocycles. The van der Waals surface area contributed by atoms with Crippen LogP contribution in [0.3, 0.4) is 0 Å². The number of likely N-dealkylation sites (tertiary alicyclic amines) is 2. The Labute approximate surface area is 210 Å². The number of benzene rings is 2. The molecule has 6 nitrogen and oxygen atoms in total. The molecule has 190 valence electrons. The number of hydrogen-bond acceptors (Lipinski definition) is 4. The lowest BCUT2D eigenvalue weighted by Crippen LogP contribution is -2.51. The molecule has 0 radical (unpaired) electrons. The second kappa shape index (κ2) is 11.5. The van der Waals surface area contributed by atoms with Crippen molar-refractivity contribution in [2.45, 2.75) is 57.1 Å². The van der Waals surface area contributed by atoms with Crippen LogP contribution in [0.4, 0.5) is 4.79 Å². The van der Waals surface area contributed by atoms with Gasteiger partial charge in [-0.3, -0.25) is 0 Å². The van der Waals surface area contributed by atoms with Gasteiger partial charge in [0.1, 0.15) is 0 Å². The van der Waals surface area contributed by atoms with Gasteiger partial charge in [0.2, 0.25) is 0 Å². The zero-order valence-electron chi connectivity index (χ0n) is 21.3. The van der Waals surface area contributed by atoms with Crippen LogP contribution in [0, 0.1) is 12.8 Å². The van der Waals surface area contributed by atoms with Gasteiger partial charge in [0.05, 0.1) is 5.60 Å². The summed E-state index contributed by atoms with van der Waals surface area (Å²) in [6, 6.07) is 16.8. The Kier molecular flexibility index (Phi) is 8.47. The van der Waals surface area contributed by atoms with E-state index >= 15 is 0 Å². The molecule has 2 amide bonds. The third-order valence-corrected chi connectivity index (χ3v) is 7.74. The minimum atomic E-state index is -1.03. The van der Waals surface area contributed by atoms with Crippen LogP contribution in [0.5, 0.6) is 0 Å². The highest BCUT2D eigenvalue weighted by atomic mass is 16.5. The molecule has 6 heteroatoms. The predicted octanol–water partition coefficient (Wildman–Crippen LogP) is 4.53. The van der Waals surface area contributed by atoms with Gasteiger partial charge in [-0.25, -0.2) is 4.79 Å². The van der Waals surface area contributed by atoms with E-state index in [-0.39, 0.29) is 18.0 Å². The smallest absolute Gasteiger partial charge is 0.320 e. The molecule has 2 aromatic carbocycles. The molecule has 35 heavy (non-hydrogen) atoms. The van der Waals surface area contributed by atoms with Crippen LogP contribution in [0.1, 0.15) is 49.7 Å². The molecule has 0 saturated carbocycles. The molecule has 2 fully saturated rings. The van der Waals surface area contributed by atoms with Crippen molar-refractivity contribution in [2.75, 3.05) is 39.9 Å². The summed E-state index contributed by atoms with van der Waals surface area (Å²) in [5.74, 6) is -0.0371. The minimum absolute atomic E-state index is 0.0371. The van der Waals surface area contributed by atoms with E-state index in [1.165, 1.54) is 5.56 Å². The fraction of sp³-hybridized carbons (Fsp3) is 0.552. The second-order valence-corrected chi connectivity index (χ2v) is 10.4. The summed E-state index contributed by atoms with van der Waals surface area (Å²) in [6.07, 6.45) is 5.04. The largest absolute Gasteiger partial charge is 0.385 e. The lowest BCUT2D eigenvalue weighted by molar-refractivity contribution is -0.0571. The Bertz CT molecular complexity index is 997. The third kappa shape index (κ3) is 5.88. The van der Waals surface area contributed by atoms with Crippen LogP contribution >= 0.6 is 0 Å². The van der Waals surface area contributed by atoms with Crippen LogP contribution < -0.4 is 5.73 Å². The maximum atomic E-state index is 13.3. The molecule has 4 rings (SSSR count). The van der Waals surface area contributed by atoms with Gasteiger partial charge in [-0.05, 0) is 62.1 Å². The van der Waals surface area contributed by atoms with Gasteiger partial charge in [0.25, 0.3) is 0 Å². The average Bonchev–Trinajstić information content (AvgIpc) is 3.32. The first-order valence-electron chi connectivity index (χ1n) is 13.1. The van der Waals surface area contributed by atoms with Crippen LogP contribution in [-0.4, -0.2) is 66.9 Å². The van der Waals surface area contributed by atoms with Crippen LogP contribution in [0.15, 0.2) is 48.5 Å². The van der Waals surface area contributed by atoms with Crippen LogP contribution in [-0.2, 0) is 10.3 Å². The molecule has 0 aliphatic carbocycles. The number of ether oxygens (including phenoxy) is 1. The number of urea groups is 1. The van der Waals surface area contributed by atoms with Gasteiger partial charge in [0.15, 0.2) is 0 Å². The van der Waals surface area contributed by atoms with E-state index in [4.69, 9.17) is 10.5 Å². The SMILES string of the molecule is COCCCCC(O)(c1ccccc1-c1cccc(C)c1)C1CCCN(C(=O)N2CCC(N)C2)C1. The van der Waals surface area contributed by atoms with Gasteiger partial charge >= 0.3 is 6.03 Å². The van der Waals surface area contributed by atoms with E-state index in [0.717, 1.165) is 61.9 Å². The van der Waals surface area contributed by atoms with Crippen molar-refractivity contribution in [2.24, 2.45) is 11.7 Å². The summed E-state index contributed by atoms with van der Waals surface area (Å²) in [5.41, 5.74) is 9.37. The summed E-state index contributed by atoms with van der Waals surface area (Å²) in [4.78, 5) is 17.1. The number of nitrogens with zero attached hydrogens (tertiary/aromatic N) is 2. The van der Waals surface area contributed by atoms with E-state index in [1.807, 2.05) is 21.9 Å². The fourth-order valence-electron chi connectivity index (χ4n) is 5.83. The number of carbonyl (C=O) groups excluding carboxylic acids is 1. The number of methoxy groups -OCH3 is 1. The fourth-order valence-corrected chi connectivity index (χ4v) is 5.83. The van der Waals surface area contributed by atoms with Crippen LogP contribution in [0.2, 0.25) is 0 Å². The molecular formula is C29H41N3O3. The standard InChI is InChI=1S/C29H41N3O3/c1-22-9-7-10-23(19-22)26-12-3-4-13-27(26)29(34,15-5-6-18-35-2)24-11-8-16-31(20-24)28(33)32-17-14-25(30)21-32/h3-4,7,9-10,12-13,19,24-25,34H,5-6,8,11,14-18,20-21,30H2,1-2H3. The number of rotatable bonds is 8. The Morgan fingerprint density at radius 1 is 1.09 bits per heavy atom. The van der Waals surface area contributed by atoms with Crippen LogP contribution in [0.25, 0.3) is 11.1 Å². The highest BCUT2D eigenvalue weighted by Gasteiger charge is 2.43. The zero-order valence-corrected chi connectivity index (χ0v) is 21.3. The predicted molar refractivity (Wildman–Crippen MR) is 140 cm³/mol. The number of carbonyl (C=O) groups is 1. The third-order valence-electron chi connectivity index (χ3n) is 7.74. The lowest BCUT2D eigenvalue weighted by Gasteiger charge is -2.44. The van der Waals surface area contributed by atoms with E-state index in [1.54, 1.807) is 7.11 Å². The van der Waals surface area contributed by atoms with Crippen molar-refractivity contribution in [3.8, 4) is 11.1 Å². The Morgan fingerprint density at radius 3 is 2.63 bits per heavy atom. The van der Waals surface area contributed by atoms with Crippen molar-refractivity contribution in [3.05, 3.63) is 59.7 Å². The Morgan fingerprint density at radius 2 is 1.89 bits per heavy atom. The summed E-state index contributed by atoms with van der Waals surface area (Å²) < 4.78 is 5.28. The van der Waals surface area contributed by atoms with Gasteiger partial charge in [0, 0.05) is 51.9 Å². The Balaban J connectivity index is 1.65. The highest BCUT2D eigenvalue weighted by molar-refractivity contribution is 5.75. The van der Waals surface area contributed by atoms with E-state index < -0.39 is 5.60 Å².